The Balaban J connectivity index is 0.000000161. The summed E-state index contributed by atoms with van der Waals surface area (Å²) in [6.45, 7) is 0.151. The van der Waals surface area contributed by atoms with E-state index in [-0.39, 0.29) is 41.7 Å². The fourth-order valence-corrected chi connectivity index (χ4v) is 8.61. The van der Waals surface area contributed by atoms with E-state index in [1.54, 1.807) is 76.6 Å². The number of morpholine rings is 2. The van der Waals surface area contributed by atoms with Crippen LogP contribution in [-0.2, 0) is 22.6 Å². The van der Waals surface area contributed by atoms with E-state index in [4.69, 9.17) is 14.2 Å². The second-order valence-corrected chi connectivity index (χ2v) is 16.6. The van der Waals surface area contributed by atoms with Crippen molar-refractivity contribution in [2.75, 3.05) is 62.4 Å². The molecule has 1 aliphatic carbocycles. The number of hydrogen-bond donors (Lipinski definition) is 1. The van der Waals surface area contributed by atoms with Gasteiger partial charge < -0.3 is 28.7 Å². The molecule has 69 heavy (non-hydrogen) atoms. The van der Waals surface area contributed by atoms with Gasteiger partial charge in [0.25, 0.3) is 11.1 Å². The highest BCUT2D eigenvalue weighted by molar-refractivity contribution is 5.85. The second kappa shape index (κ2) is 19.9. The van der Waals surface area contributed by atoms with Gasteiger partial charge in [0.2, 0.25) is 11.9 Å². The van der Waals surface area contributed by atoms with Crippen LogP contribution >= 0.6 is 0 Å². The molecule has 20 heteroatoms. The summed E-state index contributed by atoms with van der Waals surface area (Å²) in [6, 6.07) is 24.4. The van der Waals surface area contributed by atoms with E-state index in [9.17, 15) is 27.2 Å². The highest BCUT2D eigenvalue weighted by Crippen LogP contribution is 2.36. The third-order valence-electron chi connectivity index (χ3n) is 12.2. The van der Waals surface area contributed by atoms with Crippen molar-refractivity contribution < 1.29 is 36.5 Å². The Kier molecular flexibility index (Phi) is 13.1. The number of benzene rings is 4. The molecule has 356 valence electrons. The van der Waals surface area contributed by atoms with Crippen molar-refractivity contribution >= 4 is 33.7 Å². The Bertz CT molecular complexity index is 3180. The van der Waals surface area contributed by atoms with Crippen molar-refractivity contribution in [3.8, 4) is 33.8 Å². The number of rotatable bonds is 13. The Morgan fingerprint density at radius 3 is 1.58 bits per heavy atom. The van der Waals surface area contributed by atoms with E-state index in [1.807, 2.05) is 35.0 Å². The van der Waals surface area contributed by atoms with Crippen LogP contribution in [0, 0.1) is 0 Å². The smallest absolute Gasteiger partial charge is 0.387 e. The first kappa shape index (κ1) is 45.2. The van der Waals surface area contributed by atoms with Gasteiger partial charge in [-0.05, 0) is 60.4 Å². The summed E-state index contributed by atoms with van der Waals surface area (Å²) in [4.78, 5) is 48.0. The zero-order valence-corrected chi connectivity index (χ0v) is 37.1. The number of nitrogens with zero attached hydrogens (tertiary/aromatic N) is 9. The minimum absolute atomic E-state index is 0.0680. The maximum Gasteiger partial charge on any atom is 0.387 e. The normalized spacial score (nSPS) is 15.2. The zero-order chi connectivity index (χ0) is 47.4. The van der Waals surface area contributed by atoms with Crippen molar-refractivity contribution in [2.24, 2.45) is 0 Å². The largest absolute Gasteiger partial charge is 0.434 e. The average molecular weight is 947 g/mol. The fraction of sp³-hybridized carbons (Fsp3) is 0.306. The van der Waals surface area contributed by atoms with Crippen LogP contribution in [0.1, 0.15) is 30.0 Å². The van der Waals surface area contributed by atoms with Gasteiger partial charge in [-0.25, -0.2) is 24.6 Å². The number of ether oxygens (including phenoxy) is 4. The molecule has 0 atom stereocenters. The lowest BCUT2D eigenvalue weighted by Gasteiger charge is -2.26. The number of aromatic amines is 1. The van der Waals surface area contributed by atoms with Crippen LogP contribution in [0.25, 0.3) is 44.1 Å². The van der Waals surface area contributed by atoms with Crippen molar-refractivity contribution in [1.82, 2.24) is 39.1 Å². The Hall–Kier alpha value is -7.58. The second-order valence-electron chi connectivity index (χ2n) is 16.6. The molecule has 3 fully saturated rings. The van der Waals surface area contributed by atoms with Gasteiger partial charge in [0.15, 0.2) is 0 Å². The molecule has 8 aromatic rings. The zero-order valence-electron chi connectivity index (χ0n) is 37.1. The highest BCUT2D eigenvalue weighted by atomic mass is 19.3. The summed E-state index contributed by atoms with van der Waals surface area (Å²) < 4.78 is 76.9. The number of fused-ring (bicyclic) bond motifs is 2. The molecule has 0 bridgehead atoms. The number of hydrogen-bond acceptors (Lipinski definition) is 12. The summed E-state index contributed by atoms with van der Waals surface area (Å²) in [5.41, 5.74) is 5.46. The van der Waals surface area contributed by atoms with Crippen molar-refractivity contribution in [3.05, 3.63) is 142 Å². The lowest BCUT2D eigenvalue weighted by Crippen LogP contribution is -2.37. The standard InChI is InChI=1S/C26H25F2N5O3.C23H21F2N5O3/c27-25(28)36-23-4-2-1-3-18(23)16-32-22-13-17(5-8-21(22)24(34)33(32)20-6-7-20)19-14-29-26(30-15-19)31-9-11-35-12-10-31;24-22(25)33-20-4-2-1-3-16(20)14-30-19-11-15(5-6-18(19)21(31)28-30)17-12-26-23(27-13-17)29-7-9-32-10-8-29/h1-5,8,13-15,20,25H,6-7,9-12,16H2;1-6,11-13,22H,7-10,14H2,(H,28,31). The van der Waals surface area contributed by atoms with Gasteiger partial charge in [-0.3, -0.25) is 24.1 Å². The maximum absolute atomic E-state index is 13.3. The monoisotopic (exact) mass is 946 g/mol. The minimum atomic E-state index is -2.93. The third kappa shape index (κ3) is 10.0. The van der Waals surface area contributed by atoms with Crippen LogP contribution in [0.5, 0.6) is 11.5 Å². The lowest BCUT2D eigenvalue weighted by molar-refractivity contribution is -0.0511. The first-order valence-corrected chi connectivity index (χ1v) is 22.5. The molecule has 11 rings (SSSR count). The van der Waals surface area contributed by atoms with Gasteiger partial charge in [-0.2, -0.15) is 17.6 Å². The highest BCUT2D eigenvalue weighted by Gasteiger charge is 2.30. The molecule has 0 amide bonds. The number of anilines is 2. The Morgan fingerprint density at radius 2 is 1.07 bits per heavy atom. The number of halogens is 4. The number of nitrogens with one attached hydrogen (secondary N) is 1. The molecule has 1 saturated carbocycles. The number of alkyl halides is 4. The third-order valence-corrected chi connectivity index (χ3v) is 12.2. The topological polar surface area (TPSA) is 160 Å². The number of H-pyrrole nitrogens is 1. The molecule has 16 nitrogen and oxygen atoms in total. The first-order valence-electron chi connectivity index (χ1n) is 22.5. The van der Waals surface area contributed by atoms with Crippen molar-refractivity contribution in [2.45, 2.75) is 45.2 Å². The fourth-order valence-electron chi connectivity index (χ4n) is 8.61. The predicted molar refractivity (Wildman–Crippen MR) is 249 cm³/mol. The molecule has 0 spiro atoms. The molecular formula is C49H46F4N10O6. The molecular weight excluding hydrogens is 901 g/mol. The molecule has 2 aliphatic heterocycles. The first-order chi connectivity index (χ1) is 33.7. The molecule has 6 heterocycles. The van der Waals surface area contributed by atoms with Crippen LogP contribution in [0.4, 0.5) is 29.5 Å². The van der Waals surface area contributed by atoms with E-state index in [0.29, 0.717) is 65.7 Å². The van der Waals surface area contributed by atoms with Crippen molar-refractivity contribution in [3.63, 3.8) is 0 Å². The molecule has 2 saturated heterocycles. The molecule has 0 unspecified atom stereocenters. The predicted octanol–water partition coefficient (Wildman–Crippen LogP) is 7.35. The summed E-state index contributed by atoms with van der Waals surface area (Å²) in [7, 11) is 0. The summed E-state index contributed by atoms with van der Waals surface area (Å²) in [5, 5.41) is 3.86. The van der Waals surface area contributed by atoms with Gasteiger partial charge in [-0.1, -0.05) is 48.5 Å². The van der Waals surface area contributed by atoms with Gasteiger partial charge >= 0.3 is 13.2 Å². The van der Waals surface area contributed by atoms with Gasteiger partial charge in [0.05, 0.1) is 67.4 Å². The van der Waals surface area contributed by atoms with Gasteiger partial charge in [0, 0.05) is 73.2 Å². The minimum Gasteiger partial charge on any atom is -0.434 e. The molecule has 1 N–H and O–H groups in total. The van der Waals surface area contributed by atoms with Crippen LogP contribution in [-0.4, -0.2) is 105 Å². The van der Waals surface area contributed by atoms with Crippen LogP contribution in [0.15, 0.2) is 119 Å². The number of aromatic nitrogens is 8. The van der Waals surface area contributed by atoms with Gasteiger partial charge in [-0.15, -0.1) is 0 Å². The molecule has 3 aliphatic rings. The lowest BCUT2D eigenvalue weighted by atomic mass is 10.1. The SMILES string of the molecule is O=c1[nH]n(Cc2ccccc2OC(F)F)c2cc(-c3cnc(N4CCOCC4)nc3)ccc12.O=c1c2ccc(-c3cnc(N4CCOCC4)nc3)cc2n(Cc2ccccc2OC(F)F)n1C1CC1. The summed E-state index contributed by atoms with van der Waals surface area (Å²) in [5.74, 6) is 1.48. The summed E-state index contributed by atoms with van der Waals surface area (Å²) >= 11 is 0. The number of para-hydroxylation sites is 2. The maximum atomic E-state index is 13.3. The summed E-state index contributed by atoms with van der Waals surface area (Å²) in [6.07, 6.45) is 8.89. The van der Waals surface area contributed by atoms with E-state index >= 15 is 0 Å². The van der Waals surface area contributed by atoms with E-state index in [1.165, 1.54) is 12.1 Å². The van der Waals surface area contributed by atoms with Crippen LogP contribution < -0.4 is 30.4 Å². The van der Waals surface area contributed by atoms with E-state index < -0.39 is 13.2 Å². The van der Waals surface area contributed by atoms with E-state index in [2.05, 4.69) is 39.6 Å². The average Bonchev–Trinajstić information content (AvgIpc) is 4.12. The molecule has 4 aromatic heterocycles. The van der Waals surface area contributed by atoms with E-state index in [0.717, 1.165) is 66.8 Å². The van der Waals surface area contributed by atoms with Gasteiger partial charge in [0.1, 0.15) is 11.5 Å². The van der Waals surface area contributed by atoms with Crippen LogP contribution in [0.3, 0.4) is 0 Å². The Morgan fingerprint density at radius 1 is 0.594 bits per heavy atom. The van der Waals surface area contributed by atoms with Crippen LogP contribution in [0.2, 0.25) is 0 Å². The molecule has 4 aromatic carbocycles. The molecule has 0 radical (unpaired) electrons. The quantitative estimate of drug-likeness (QED) is 0.115. The Labute approximate surface area is 391 Å². The van der Waals surface area contributed by atoms with Crippen molar-refractivity contribution in [1.29, 1.82) is 0 Å².